The van der Waals surface area contributed by atoms with Crippen molar-refractivity contribution in [3.63, 3.8) is 0 Å². The summed E-state index contributed by atoms with van der Waals surface area (Å²) >= 11 is 0. The number of hydrogen-bond acceptors (Lipinski definition) is 1. The van der Waals surface area contributed by atoms with Crippen molar-refractivity contribution in [2.45, 2.75) is 0 Å². The molecule has 0 saturated carbocycles. The lowest BCUT2D eigenvalue weighted by Crippen LogP contribution is -1.73. The summed E-state index contributed by atoms with van der Waals surface area (Å²) in [5.41, 5.74) is 2.00. The maximum atomic E-state index is 9.64. The molecule has 0 atom stereocenters. The number of phenols is 1. The molecular weight excluding hydrogens is 164 g/mol. The van der Waals surface area contributed by atoms with Crippen LogP contribution in [0, 0.1) is 0 Å². The number of aromatic nitrogens is 2. The summed E-state index contributed by atoms with van der Waals surface area (Å²) < 4.78 is 0. The fourth-order valence-corrected chi connectivity index (χ4v) is 1.73. The van der Waals surface area contributed by atoms with Gasteiger partial charge in [-0.05, 0) is 18.2 Å². The van der Waals surface area contributed by atoms with Gasteiger partial charge in [0.2, 0.25) is 0 Å². The fraction of sp³-hybridized carbons (Fsp3) is 0. The quantitative estimate of drug-likeness (QED) is 0.479. The zero-order chi connectivity index (χ0) is 8.84. The first-order chi connectivity index (χ1) is 6.36. The summed E-state index contributed by atoms with van der Waals surface area (Å²) in [5.74, 6) is 0.323. The zero-order valence-electron chi connectivity index (χ0n) is 6.83. The maximum Gasteiger partial charge on any atom is 0.125 e. The molecule has 0 aliphatic carbocycles. The van der Waals surface area contributed by atoms with E-state index in [9.17, 15) is 5.11 Å². The van der Waals surface area contributed by atoms with Crippen LogP contribution in [-0.2, 0) is 0 Å². The van der Waals surface area contributed by atoms with Crippen LogP contribution in [0.4, 0.5) is 0 Å². The normalized spacial score (nSPS) is 11.4. The summed E-state index contributed by atoms with van der Waals surface area (Å²) in [4.78, 5) is 6.23. The van der Waals surface area contributed by atoms with Crippen LogP contribution in [0.1, 0.15) is 0 Å². The second-order valence-electron chi connectivity index (χ2n) is 3.10. The summed E-state index contributed by atoms with van der Waals surface area (Å²) in [6.07, 6.45) is 3.69. The van der Waals surface area contributed by atoms with E-state index in [1.165, 1.54) is 0 Å². The van der Waals surface area contributed by atoms with Gasteiger partial charge < -0.3 is 15.1 Å². The number of phenolic OH excluding ortho intramolecular Hbond substituents is 1. The largest absolute Gasteiger partial charge is 0.507 e. The molecule has 0 unspecified atom stereocenters. The number of aromatic hydroxyl groups is 1. The van der Waals surface area contributed by atoms with Gasteiger partial charge in [0.05, 0.1) is 11.0 Å². The van der Waals surface area contributed by atoms with Gasteiger partial charge in [-0.3, -0.25) is 0 Å². The molecule has 0 radical (unpaired) electrons. The van der Waals surface area contributed by atoms with E-state index in [1.807, 2.05) is 24.5 Å². The minimum absolute atomic E-state index is 0.323. The summed E-state index contributed by atoms with van der Waals surface area (Å²) in [7, 11) is 0. The first-order valence-electron chi connectivity index (χ1n) is 4.12. The molecule has 0 spiro atoms. The highest BCUT2D eigenvalue weighted by atomic mass is 16.3. The summed E-state index contributed by atoms with van der Waals surface area (Å²) in [6.45, 7) is 0. The first-order valence-corrected chi connectivity index (χ1v) is 4.12. The van der Waals surface area contributed by atoms with Crippen molar-refractivity contribution < 1.29 is 5.11 Å². The highest BCUT2D eigenvalue weighted by Crippen LogP contribution is 2.30. The average Bonchev–Trinajstić information content (AvgIpc) is 2.66. The molecule has 0 bridgehead atoms. The molecule has 2 heterocycles. The Bertz CT molecular complexity index is 577. The van der Waals surface area contributed by atoms with Crippen molar-refractivity contribution in [2.24, 2.45) is 0 Å². The Morgan fingerprint density at radius 2 is 1.77 bits per heavy atom. The molecule has 0 amide bonds. The van der Waals surface area contributed by atoms with Gasteiger partial charge in [0.25, 0.3) is 0 Å². The molecule has 13 heavy (non-hydrogen) atoms. The number of fused-ring (bicyclic) bond motifs is 3. The van der Waals surface area contributed by atoms with Gasteiger partial charge in [-0.2, -0.15) is 0 Å². The molecule has 2 aromatic heterocycles. The average molecular weight is 172 g/mol. The third-order valence-electron chi connectivity index (χ3n) is 2.34. The summed E-state index contributed by atoms with van der Waals surface area (Å²) in [5, 5.41) is 11.5. The maximum absolute atomic E-state index is 9.64. The molecule has 3 nitrogen and oxygen atoms in total. The van der Waals surface area contributed by atoms with E-state index >= 15 is 0 Å². The third kappa shape index (κ3) is 0.731. The molecular formula is C10H8N2O. The van der Waals surface area contributed by atoms with Crippen molar-refractivity contribution in [1.82, 2.24) is 9.97 Å². The third-order valence-corrected chi connectivity index (χ3v) is 2.34. The molecule has 0 saturated heterocycles. The minimum Gasteiger partial charge on any atom is -0.507 e. The molecule has 0 aliphatic rings. The number of nitrogens with one attached hydrogen (secondary N) is 2. The van der Waals surface area contributed by atoms with E-state index in [0.717, 1.165) is 21.8 Å². The Morgan fingerprint density at radius 1 is 1.00 bits per heavy atom. The Labute approximate surface area is 74.0 Å². The van der Waals surface area contributed by atoms with Crippen molar-refractivity contribution in [3.8, 4) is 5.75 Å². The number of hydrogen-bond donors (Lipinski definition) is 3. The van der Waals surface area contributed by atoms with E-state index < -0.39 is 0 Å². The Morgan fingerprint density at radius 3 is 2.69 bits per heavy atom. The van der Waals surface area contributed by atoms with Crippen molar-refractivity contribution in [1.29, 1.82) is 0 Å². The molecule has 3 rings (SSSR count). The van der Waals surface area contributed by atoms with Gasteiger partial charge in [0.1, 0.15) is 5.75 Å². The van der Waals surface area contributed by atoms with Crippen LogP contribution in [-0.4, -0.2) is 15.1 Å². The molecule has 3 N–H and O–H groups in total. The van der Waals surface area contributed by atoms with Crippen LogP contribution in [0.3, 0.4) is 0 Å². The van der Waals surface area contributed by atoms with Crippen LogP contribution in [0.25, 0.3) is 21.8 Å². The van der Waals surface area contributed by atoms with Crippen LogP contribution in [0.5, 0.6) is 5.75 Å². The lowest BCUT2D eigenvalue weighted by Gasteiger charge is -1.96. The van der Waals surface area contributed by atoms with E-state index in [0.29, 0.717) is 5.75 Å². The van der Waals surface area contributed by atoms with Crippen molar-refractivity contribution >= 4 is 21.8 Å². The monoisotopic (exact) mass is 172 g/mol. The molecule has 0 fully saturated rings. The highest BCUT2D eigenvalue weighted by Gasteiger charge is 2.06. The van der Waals surface area contributed by atoms with Gasteiger partial charge in [0, 0.05) is 23.2 Å². The van der Waals surface area contributed by atoms with E-state index in [2.05, 4.69) is 9.97 Å². The first kappa shape index (κ1) is 6.60. The highest BCUT2D eigenvalue weighted by molar-refractivity contribution is 6.06. The van der Waals surface area contributed by atoms with Crippen LogP contribution >= 0.6 is 0 Å². The Hall–Kier alpha value is -1.90. The van der Waals surface area contributed by atoms with E-state index in [4.69, 9.17) is 0 Å². The van der Waals surface area contributed by atoms with Crippen molar-refractivity contribution in [2.75, 3.05) is 0 Å². The van der Waals surface area contributed by atoms with Gasteiger partial charge in [-0.15, -0.1) is 0 Å². The molecule has 1 aromatic carbocycles. The zero-order valence-corrected chi connectivity index (χ0v) is 6.83. The van der Waals surface area contributed by atoms with Gasteiger partial charge in [-0.1, -0.05) is 0 Å². The smallest absolute Gasteiger partial charge is 0.125 e. The van der Waals surface area contributed by atoms with Crippen LogP contribution < -0.4 is 0 Å². The predicted octanol–water partition coefficient (Wildman–Crippen LogP) is 2.35. The molecule has 0 aliphatic heterocycles. The lowest BCUT2D eigenvalue weighted by atomic mass is 10.2. The number of aromatic amines is 2. The fourth-order valence-electron chi connectivity index (χ4n) is 1.73. The van der Waals surface area contributed by atoms with Crippen LogP contribution in [0.2, 0.25) is 0 Å². The Kier molecular flexibility index (Phi) is 1.05. The van der Waals surface area contributed by atoms with Gasteiger partial charge in [-0.25, -0.2) is 0 Å². The molecule has 3 aromatic rings. The second-order valence-corrected chi connectivity index (χ2v) is 3.10. The topological polar surface area (TPSA) is 51.8 Å². The molecule has 64 valence electrons. The predicted molar refractivity (Wildman–Crippen MR) is 51.8 cm³/mol. The van der Waals surface area contributed by atoms with Crippen LogP contribution in [0.15, 0.2) is 30.6 Å². The summed E-state index contributed by atoms with van der Waals surface area (Å²) in [6, 6.07) is 5.57. The van der Waals surface area contributed by atoms with Crippen molar-refractivity contribution in [3.05, 3.63) is 30.6 Å². The number of benzene rings is 1. The number of H-pyrrole nitrogens is 2. The van der Waals surface area contributed by atoms with E-state index in [1.54, 1.807) is 6.07 Å². The number of rotatable bonds is 0. The van der Waals surface area contributed by atoms with Gasteiger partial charge in [0.15, 0.2) is 0 Å². The van der Waals surface area contributed by atoms with Gasteiger partial charge >= 0.3 is 0 Å². The standard InChI is InChI=1S/C10H8N2O/c13-8-5-6-1-3-11-9(6)10-7(8)2-4-12-10/h1-5,11-13H. The SMILES string of the molecule is Oc1cc2cc[nH]c2c2[nH]ccc12. The lowest BCUT2D eigenvalue weighted by molar-refractivity contribution is 0.482. The second kappa shape index (κ2) is 2.07. The Balaban J connectivity index is 2.70. The minimum atomic E-state index is 0.323. The molecule has 3 heteroatoms. The van der Waals surface area contributed by atoms with E-state index in [-0.39, 0.29) is 0 Å².